The summed E-state index contributed by atoms with van der Waals surface area (Å²) >= 11 is 5.85. The zero-order valence-corrected chi connectivity index (χ0v) is 10.8. The first-order valence-electron chi connectivity index (χ1n) is 6.37. The molecule has 1 aliphatic carbocycles. The van der Waals surface area contributed by atoms with E-state index >= 15 is 0 Å². The second kappa shape index (κ2) is 4.56. The average molecular weight is 266 g/mol. The number of rotatable bonds is 2. The molecule has 1 heterocycles. The summed E-state index contributed by atoms with van der Waals surface area (Å²) in [6.07, 6.45) is 1.30. The van der Waals surface area contributed by atoms with Gasteiger partial charge in [-0.3, -0.25) is 4.79 Å². The van der Waals surface area contributed by atoms with E-state index in [2.05, 4.69) is 0 Å². The fourth-order valence-corrected chi connectivity index (χ4v) is 2.85. The van der Waals surface area contributed by atoms with Gasteiger partial charge in [0.15, 0.2) is 0 Å². The van der Waals surface area contributed by atoms with Crippen molar-refractivity contribution in [2.45, 2.75) is 24.9 Å². The highest BCUT2D eigenvalue weighted by molar-refractivity contribution is 6.30. The lowest BCUT2D eigenvalue weighted by molar-refractivity contribution is -0.131. The molecule has 1 aromatic carbocycles. The Labute approximate surface area is 111 Å². The lowest BCUT2D eigenvalue weighted by Gasteiger charge is -2.15. The molecule has 4 heteroatoms. The standard InChI is InChI=1S/C14H16ClNO2/c15-10-3-1-9(2-4-10)12-7-13(12)14(18)16-6-5-11(17)8-16/h1-4,11-13,17H,5-8H2/t11-,12?,13?/m0/s1. The van der Waals surface area contributed by atoms with Crippen LogP contribution >= 0.6 is 11.6 Å². The van der Waals surface area contributed by atoms with Crippen molar-refractivity contribution in [1.82, 2.24) is 4.90 Å². The van der Waals surface area contributed by atoms with Gasteiger partial charge in [-0.05, 0) is 36.5 Å². The second-order valence-corrected chi connectivity index (χ2v) is 5.66. The van der Waals surface area contributed by atoms with Crippen LogP contribution in [0, 0.1) is 5.92 Å². The molecule has 96 valence electrons. The zero-order chi connectivity index (χ0) is 12.7. The Morgan fingerprint density at radius 3 is 2.67 bits per heavy atom. The van der Waals surface area contributed by atoms with Gasteiger partial charge in [0.2, 0.25) is 5.91 Å². The fraction of sp³-hybridized carbons (Fsp3) is 0.500. The van der Waals surface area contributed by atoms with Crippen LogP contribution in [0.25, 0.3) is 0 Å². The minimum absolute atomic E-state index is 0.108. The Morgan fingerprint density at radius 2 is 2.06 bits per heavy atom. The number of hydrogen-bond donors (Lipinski definition) is 1. The molecule has 3 rings (SSSR count). The normalized spacial score (nSPS) is 30.6. The summed E-state index contributed by atoms with van der Waals surface area (Å²) in [6, 6.07) is 7.74. The van der Waals surface area contributed by atoms with Crippen LogP contribution in [0.1, 0.15) is 24.3 Å². The molecule has 2 aliphatic rings. The number of halogens is 1. The first kappa shape index (κ1) is 12.0. The number of aliphatic hydroxyl groups is 1. The highest BCUT2D eigenvalue weighted by Gasteiger charge is 2.46. The van der Waals surface area contributed by atoms with Gasteiger partial charge in [-0.2, -0.15) is 0 Å². The summed E-state index contributed by atoms with van der Waals surface area (Å²) in [7, 11) is 0. The van der Waals surface area contributed by atoms with Crippen LogP contribution in [0.4, 0.5) is 0 Å². The Bertz CT molecular complexity index is 459. The van der Waals surface area contributed by atoms with Crippen molar-refractivity contribution in [2.24, 2.45) is 5.92 Å². The minimum Gasteiger partial charge on any atom is -0.391 e. The zero-order valence-electron chi connectivity index (χ0n) is 10.1. The van der Waals surface area contributed by atoms with Crippen molar-refractivity contribution >= 4 is 17.5 Å². The summed E-state index contributed by atoms with van der Waals surface area (Å²) in [6.45, 7) is 1.20. The van der Waals surface area contributed by atoms with Crippen LogP contribution in [-0.2, 0) is 4.79 Å². The van der Waals surface area contributed by atoms with E-state index in [1.165, 1.54) is 5.56 Å². The van der Waals surface area contributed by atoms with E-state index in [1.807, 2.05) is 24.3 Å². The summed E-state index contributed by atoms with van der Waals surface area (Å²) in [5.74, 6) is 0.649. The molecule has 3 nitrogen and oxygen atoms in total. The first-order chi connectivity index (χ1) is 8.65. The summed E-state index contributed by atoms with van der Waals surface area (Å²) in [5, 5.41) is 10.2. The molecular weight excluding hydrogens is 250 g/mol. The molecule has 0 bridgehead atoms. The van der Waals surface area contributed by atoms with Gasteiger partial charge in [0.1, 0.15) is 0 Å². The van der Waals surface area contributed by atoms with E-state index in [-0.39, 0.29) is 17.9 Å². The van der Waals surface area contributed by atoms with Gasteiger partial charge in [-0.15, -0.1) is 0 Å². The molecule has 18 heavy (non-hydrogen) atoms. The third kappa shape index (κ3) is 2.25. The Balaban J connectivity index is 1.63. The smallest absolute Gasteiger partial charge is 0.226 e. The lowest BCUT2D eigenvalue weighted by atomic mass is 10.1. The SMILES string of the molecule is O=C(C1CC1c1ccc(Cl)cc1)N1CC[C@H](O)C1. The highest BCUT2D eigenvalue weighted by Crippen LogP contribution is 2.48. The van der Waals surface area contributed by atoms with Crippen LogP contribution < -0.4 is 0 Å². The van der Waals surface area contributed by atoms with E-state index in [4.69, 9.17) is 11.6 Å². The minimum atomic E-state index is -0.332. The molecule has 2 fully saturated rings. The summed E-state index contributed by atoms with van der Waals surface area (Å²) in [4.78, 5) is 14.0. The Morgan fingerprint density at radius 1 is 1.33 bits per heavy atom. The van der Waals surface area contributed by atoms with Crippen LogP contribution in [-0.4, -0.2) is 35.1 Å². The molecule has 1 saturated carbocycles. The van der Waals surface area contributed by atoms with Crippen LogP contribution in [0.2, 0.25) is 5.02 Å². The van der Waals surface area contributed by atoms with Crippen molar-refractivity contribution in [1.29, 1.82) is 0 Å². The van der Waals surface area contributed by atoms with Gasteiger partial charge in [0.05, 0.1) is 6.10 Å². The van der Waals surface area contributed by atoms with E-state index < -0.39 is 0 Å². The predicted molar refractivity (Wildman–Crippen MR) is 69.5 cm³/mol. The van der Waals surface area contributed by atoms with Crippen molar-refractivity contribution in [2.75, 3.05) is 13.1 Å². The topological polar surface area (TPSA) is 40.5 Å². The molecule has 0 spiro atoms. The highest BCUT2D eigenvalue weighted by atomic mass is 35.5. The maximum absolute atomic E-state index is 12.2. The van der Waals surface area contributed by atoms with Crippen LogP contribution in [0.3, 0.4) is 0 Å². The number of likely N-dealkylation sites (tertiary alicyclic amines) is 1. The average Bonchev–Trinajstić information content (AvgIpc) is 3.04. The molecule has 1 amide bonds. The third-order valence-electron chi connectivity index (χ3n) is 3.88. The molecule has 3 atom stereocenters. The van der Waals surface area contributed by atoms with Crippen LogP contribution in [0.15, 0.2) is 24.3 Å². The van der Waals surface area contributed by atoms with Crippen molar-refractivity contribution < 1.29 is 9.90 Å². The summed E-state index contributed by atoms with van der Waals surface area (Å²) in [5.41, 5.74) is 1.19. The van der Waals surface area contributed by atoms with E-state index in [9.17, 15) is 9.90 Å². The number of aliphatic hydroxyl groups excluding tert-OH is 1. The number of nitrogens with zero attached hydrogens (tertiary/aromatic N) is 1. The lowest BCUT2D eigenvalue weighted by Crippen LogP contribution is -2.31. The van der Waals surface area contributed by atoms with E-state index in [1.54, 1.807) is 4.90 Å². The maximum Gasteiger partial charge on any atom is 0.226 e. The summed E-state index contributed by atoms with van der Waals surface area (Å²) < 4.78 is 0. The van der Waals surface area contributed by atoms with Crippen molar-refractivity contribution in [3.05, 3.63) is 34.9 Å². The number of amides is 1. The number of β-amino-alcohol motifs (C(OH)–C–C–N with tert-alkyl or cyclic N) is 1. The number of carbonyl (C=O) groups is 1. The number of hydrogen-bond acceptors (Lipinski definition) is 2. The van der Waals surface area contributed by atoms with Gasteiger partial charge in [-0.1, -0.05) is 23.7 Å². The largest absolute Gasteiger partial charge is 0.391 e. The molecule has 0 aromatic heterocycles. The fourth-order valence-electron chi connectivity index (χ4n) is 2.72. The van der Waals surface area contributed by atoms with Gasteiger partial charge in [0.25, 0.3) is 0 Å². The van der Waals surface area contributed by atoms with Gasteiger partial charge >= 0.3 is 0 Å². The van der Waals surface area contributed by atoms with Crippen molar-refractivity contribution in [3.8, 4) is 0 Å². The van der Waals surface area contributed by atoms with E-state index in [0.29, 0.717) is 25.4 Å². The quantitative estimate of drug-likeness (QED) is 0.889. The molecule has 1 saturated heterocycles. The Kier molecular flexibility index (Phi) is 3.04. The monoisotopic (exact) mass is 265 g/mol. The molecule has 2 unspecified atom stereocenters. The van der Waals surface area contributed by atoms with Crippen LogP contribution in [0.5, 0.6) is 0 Å². The number of carbonyl (C=O) groups excluding carboxylic acids is 1. The second-order valence-electron chi connectivity index (χ2n) is 5.23. The third-order valence-corrected chi connectivity index (χ3v) is 4.13. The maximum atomic E-state index is 12.2. The molecule has 1 N–H and O–H groups in total. The molecule has 1 aromatic rings. The van der Waals surface area contributed by atoms with Gasteiger partial charge < -0.3 is 10.0 Å². The van der Waals surface area contributed by atoms with Gasteiger partial charge in [-0.25, -0.2) is 0 Å². The molecule has 1 aliphatic heterocycles. The number of benzene rings is 1. The van der Waals surface area contributed by atoms with Gasteiger partial charge in [0, 0.05) is 24.0 Å². The van der Waals surface area contributed by atoms with E-state index in [0.717, 1.165) is 11.4 Å². The Hall–Kier alpha value is -1.06. The molecular formula is C14H16ClNO2. The predicted octanol–water partition coefficient (Wildman–Crippen LogP) is 2.04. The first-order valence-corrected chi connectivity index (χ1v) is 6.75. The van der Waals surface area contributed by atoms with Crippen molar-refractivity contribution in [3.63, 3.8) is 0 Å². The molecule has 0 radical (unpaired) electrons.